The summed E-state index contributed by atoms with van der Waals surface area (Å²) in [5.74, 6) is 1.43. The zero-order valence-corrected chi connectivity index (χ0v) is 12.1. The Morgan fingerprint density at radius 2 is 2.00 bits per heavy atom. The third kappa shape index (κ3) is 2.95. The highest BCUT2D eigenvalue weighted by Gasteiger charge is 2.18. The number of furan rings is 1. The van der Waals surface area contributed by atoms with Gasteiger partial charge in [0.05, 0.1) is 0 Å². The van der Waals surface area contributed by atoms with Crippen molar-refractivity contribution >= 4 is 16.9 Å². The second kappa shape index (κ2) is 5.65. The Morgan fingerprint density at radius 3 is 2.76 bits per heavy atom. The molecule has 6 nitrogen and oxygen atoms in total. The van der Waals surface area contributed by atoms with Crippen molar-refractivity contribution < 1.29 is 18.7 Å². The molecule has 0 atom stereocenters. The van der Waals surface area contributed by atoms with Crippen LogP contribution in [0.15, 0.2) is 22.6 Å². The number of fused-ring (bicyclic) bond motifs is 2. The highest BCUT2D eigenvalue weighted by Crippen LogP contribution is 2.37. The monoisotopic (exact) mass is 290 g/mol. The summed E-state index contributed by atoms with van der Waals surface area (Å²) < 4.78 is 16.2. The van der Waals surface area contributed by atoms with Crippen LogP contribution in [0.1, 0.15) is 17.0 Å². The summed E-state index contributed by atoms with van der Waals surface area (Å²) in [4.78, 5) is 14.1. The quantitative estimate of drug-likeness (QED) is 0.851. The molecule has 1 aliphatic rings. The van der Waals surface area contributed by atoms with E-state index < -0.39 is 0 Å². The number of nitrogens with zero attached hydrogens (tertiary/aromatic N) is 1. The van der Waals surface area contributed by atoms with Gasteiger partial charge in [-0.2, -0.15) is 0 Å². The third-order valence-corrected chi connectivity index (χ3v) is 3.30. The van der Waals surface area contributed by atoms with Crippen LogP contribution in [-0.4, -0.2) is 44.8 Å². The summed E-state index contributed by atoms with van der Waals surface area (Å²) in [5.41, 5.74) is 0.623. The van der Waals surface area contributed by atoms with Crippen molar-refractivity contribution in [3.8, 4) is 11.5 Å². The predicted molar refractivity (Wildman–Crippen MR) is 77.8 cm³/mol. The van der Waals surface area contributed by atoms with E-state index in [0.29, 0.717) is 29.4 Å². The molecule has 2 aromatic rings. The Bertz CT molecular complexity index is 622. The second-order valence-electron chi connectivity index (χ2n) is 5.27. The minimum Gasteiger partial charge on any atom is -0.454 e. The van der Waals surface area contributed by atoms with E-state index in [1.807, 2.05) is 20.2 Å². The number of amides is 1. The maximum atomic E-state index is 12.0. The number of hydrogen-bond acceptors (Lipinski definition) is 5. The first kappa shape index (κ1) is 13.8. The first-order valence-electron chi connectivity index (χ1n) is 6.89. The summed E-state index contributed by atoms with van der Waals surface area (Å²) in [6, 6.07) is 5.29. The molecule has 0 bridgehead atoms. The smallest absolute Gasteiger partial charge is 0.287 e. The Labute approximate surface area is 122 Å². The Morgan fingerprint density at radius 1 is 1.24 bits per heavy atom. The maximum absolute atomic E-state index is 12.0. The lowest BCUT2D eigenvalue weighted by atomic mass is 10.2. The van der Waals surface area contributed by atoms with Gasteiger partial charge in [-0.05, 0) is 39.2 Å². The Balaban J connectivity index is 1.68. The first-order valence-corrected chi connectivity index (χ1v) is 6.89. The van der Waals surface area contributed by atoms with Crippen molar-refractivity contribution in [2.75, 3.05) is 34.0 Å². The number of nitrogens with one attached hydrogen (secondary N) is 1. The normalized spacial score (nSPS) is 13.1. The van der Waals surface area contributed by atoms with Gasteiger partial charge in [-0.3, -0.25) is 4.79 Å². The summed E-state index contributed by atoms with van der Waals surface area (Å²) in [5, 5.41) is 3.68. The topological polar surface area (TPSA) is 63.9 Å². The molecule has 1 aromatic heterocycles. The third-order valence-electron chi connectivity index (χ3n) is 3.30. The number of ether oxygens (including phenoxy) is 2. The van der Waals surface area contributed by atoms with Gasteiger partial charge in [0.1, 0.15) is 5.58 Å². The first-order chi connectivity index (χ1) is 10.1. The highest BCUT2D eigenvalue weighted by atomic mass is 16.7. The number of carbonyl (C=O) groups is 1. The number of rotatable bonds is 5. The van der Waals surface area contributed by atoms with Crippen molar-refractivity contribution in [2.45, 2.75) is 6.42 Å². The van der Waals surface area contributed by atoms with Gasteiger partial charge in [0, 0.05) is 18.0 Å². The Kier molecular flexibility index (Phi) is 3.70. The summed E-state index contributed by atoms with van der Waals surface area (Å²) in [7, 11) is 4.01. The molecule has 1 aliphatic heterocycles. The molecule has 21 heavy (non-hydrogen) atoms. The lowest BCUT2D eigenvalue weighted by Gasteiger charge is -2.08. The maximum Gasteiger partial charge on any atom is 0.287 e. The minimum atomic E-state index is -0.202. The highest BCUT2D eigenvalue weighted by molar-refractivity contribution is 5.96. The molecule has 0 aliphatic carbocycles. The molecule has 1 N–H and O–H groups in total. The molecule has 0 saturated carbocycles. The van der Waals surface area contributed by atoms with E-state index in [9.17, 15) is 4.79 Å². The fraction of sp³-hybridized carbons (Fsp3) is 0.400. The molecular weight excluding hydrogens is 272 g/mol. The summed E-state index contributed by atoms with van der Waals surface area (Å²) >= 11 is 0. The number of hydrogen-bond donors (Lipinski definition) is 1. The average molecular weight is 290 g/mol. The molecule has 0 unspecified atom stereocenters. The van der Waals surface area contributed by atoms with E-state index in [0.717, 1.165) is 18.4 Å². The molecule has 2 heterocycles. The molecule has 6 heteroatoms. The molecule has 3 rings (SSSR count). The molecule has 0 radical (unpaired) electrons. The zero-order valence-electron chi connectivity index (χ0n) is 12.1. The lowest BCUT2D eigenvalue weighted by Crippen LogP contribution is -2.26. The van der Waals surface area contributed by atoms with Gasteiger partial charge in [0.25, 0.3) is 5.91 Å². The fourth-order valence-corrected chi connectivity index (χ4v) is 2.23. The zero-order chi connectivity index (χ0) is 14.8. The van der Waals surface area contributed by atoms with Gasteiger partial charge >= 0.3 is 0 Å². The van der Waals surface area contributed by atoms with Crippen molar-refractivity contribution in [1.29, 1.82) is 0 Å². The van der Waals surface area contributed by atoms with Gasteiger partial charge in [0.15, 0.2) is 17.3 Å². The predicted octanol–water partition coefficient (Wildman–Crippen LogP) is 1.84. The van der Waals surface area contributed by atoms with Crippen molar-refractivity contribution in [3.05, 3.63) is 24.0 Å². The minimum absolute atomic E-state index is 0.202. The van der Waals surface area contributed by atoms with Crippen LogP contribution in [-0.2, 0) is 0 Å². The van der Waals surface area contributed by atoms with Crippen LogP contribution in [0, 0.1) is 0 Å². The molecule has 112 valence electrons. The number of benzene rings is 1. The van der Waals surface area contributed by atoms with Crippen LogP contribution in [0.2, 0.25) is 0 Å². The van der Waals surface area contributed by atoms with E-state index >= 15 is 0 Å². The van der Waals surface area contributed by atoms with Gasteiger partial charge in [-0.1, -0.05) is 0 Å². The second-order valence-corrected chi connectivity index (χ2v) is 5.27. The van der Waals surface area contributed by atoms with Gasteiger partial charge in [0.2, 0.25) is 6.79 Å². The Hall–Kier alpha value is -2.21. The van der Waals surface area contributed by atoms with Crippen LogP contribution >= 0.6 is 0 Å². The van der Waals surface area contributed by atoms with Crippen molar-refractivity contribution in [3.63, 3.8) is 0 Å². The molecule has 1 aromatic carbocycles. The van der Waals surface area contributed by atoms with E-state index in [2.05, 4.69) is 10.2 Å². The number of carbonyl (C=O) groups excluding carboxylic acids is 1. The molecular formula is C15H18N2O4. The molecule has 0 fully saturated rings. The fourth-order valence-electron chi connectivity index (χ4n) is 2.23. The standard InChI is InChI=1S/C15H18N2O4/c1-17(2)5-3-4-16-15(18)14-7-10-6-12-13(20-9-19-12)8-11(10)21-14/h6-8H,3-5,9H2,1-2H3,(H,16,18). The average Bonchev–Trinajstić information content (AvgIpc) is 3.05. The van der Waals surface area contributed by atoms with E-state index in [1.165, 1.54) is 0 Å². The largest absolute Gasteiger partial charge is 0.454 e. The van der Waals surface area contributed by atoms with Gasteiger partial charge in [-0.15, -0.1) is 0 Å². The molecule has 0 saturated heterocycles. The van der Waals surface area contributed by atoms with E-state index in [4.69, 9.17) is 13.9 Å². The van der Waals surface area contributed by atoms with Crippen molar-refractivity contribution in [1.82, 2.24) is 10.2 Å². The molecule has 1 amide bonds. The van der Waals surface area contributed by atoms with Crippen LogP contribution < -0.4 is 14.8 Å². The lowest BCUT2D eigenvalue weighted by molar-refractivity contribution is 0.0926. The van der Waals surface area contributed by atoms with Crippen LogP contribution in [0.3, 0.4) is 0 Å². The molecule has 0 spiro atoms. The SMILES string of the molecule is CN(C)CCCNC(=O)c1cc2cc3c(cc2o1)OCO3. The summed E-state index contributed by atoms with van der Waals surface area (Å²) in [6.45, 7) is 1.78. The summed E-state index contributed by atoms with van der Waals surface area (Å²) in [6.07, 6.45) is 0.898. The van der Waals surface area contributed by atoms with Crippen molar-refractivity contribution in [2.24, 2.45) is 0 Å². The van der Waals surface area contributed by atoms with Crippen LogP contribution in [0.4, 0.5) is 0 Å². The van der Waals surface area contributed by atoms with Crippen LogP contribution in [0.25, 0.3) is 11.0 Å². The van der Waals surface area contributed by atoms with E-state index in [1.54, 1.807) is 12.1 Å². The van der Waals surface area contributed by atoms with Gasteiger partial charge < -0.3 is 24.1 Å². The van der Waals surface area contributed by atoms with Crippen LogP contribution in [0.5, 0.6) is 11.5 Å². The van der Waals surface area contributed by atoms with Gasteiger partial charge in [-0.25, -0.2) is 0 Å². The van der Waals surface area contributed by atoms with E-state index in [-0.39, 0.29) is 12.7 Å².